The number of hydrogen-bond acceptors (Lipinski definition) is 5. The first-order valence-electron chi connectivity index (χ1n) is 9.50. The molecule has 0 aliphatic heterocycles. The molecular weight excluding hydrogens is 375 g/mol. The van der Waals surface area contributed by atoms with E-state index in [0.29, 0.717) is 37.1 Å². The minimum atomic E-state index is -0.366. The second-order valence-electron chi connectivity index (χ2n) is 6.29. The van der Waals surface area contributed by atoms with Gasteiger partial charge in [0.25, 0.3) is 0 Å². The number of H-pyrrole nitrogens is 1. The van der Waals surface area contributed by atoms with Gasteiger partial charge in [-0.15, -0.1) is 0 Å². The number of ether oxygens (including phenoxy) is 1. The third kappa shape index (κ3) is 5.81. The summed E-state index contributed by atoms with van der Waals surface area (Å²) < 4.78 is 24.8. The summed E-state index contributed by atoms with van der Waals surface area (Å²) in [6.07, 6.45) is 2.77. The summed E-state index contributed by atoms with van der Waals surface area (Å²) in [5.74, 6) is 2.42. The van der Waals surface area contributed by atoms with Gasteiger partial charge >= 0.3 is 0 Å². The molecule has 9 heteroatoms. The van der Waals surface area contributed by atoms with Crippen LogP contribution in [0.15, 0.2) is 52.1 Å². The molecule has 154 valence electrons. The van der Waals surface area contributed by atoms with Gasteiger partial charge in [-0.05, 0) is 30.7 Å². The summed E-state index contributed by atoms with van der Waals surface area (Å²) in [6.45, 7) is 3.09. The van der Waals surface area contributed by atoms with Crippen LogP contribution in [-0.2, 0) is 6.42 Å². The summed E-state index contributed by atoms with van der Waals surface area (Å²) in [4.78, 5) is 8.60. The lowest BCUT2D eigenvalue weighted by atomic mass is 10.2. The van der Waals surface area contributed by atoms with E-state index < -0.39 is 0 Å². The van der Waals surface area contributed by atoms with Gasteiger partial charge in [0.1, 0.15) is 11.9 Å². The van der Waals surface area contributed by atoms with Crippen molar-refractivity contribution in [2.45, 2.75) is 25.9 Å². The Morgan fingerprint density at radius 1 is 1.28 bits per heavy atom. The predicted octanol–water partition coefficient (Wildman–Crippen LogP) is 2.77. The first kappa shape index (κ1) is 20.4. The minimum Gasteiger partial charge on any atom is -0.486 e. The average molecular weight is 400 g/mol. The molecule has 0 bridgehead atoms. The van der Waals surface area contributed by atoms with Crippen molar-refractivity contribution in [3.05, 3.63) is 54.3 Å². The highest BCUT2D eigenvalue weighted by molar-refractivity contribution is 5.79. The van der Waals surface area contributed by atoms with Crippen molar-refractivity contribution in [2.75, 3.05) is 20.1 Å². The van der Waals surface area contributed by atoms with Crippen LogP contribution in [0.4, 0.5) is 4.39 Å². The Morgan fingerprint density at radius 3 is 2.86 bits per heavy atom. The Kier molecular flexibility index (Phi) is 7.21. The number of aromatic amines is 1. The molecule has 1 atom stereocenters. The third-order valence-electron chi connectivity index (χ3n) is 4.23. The van der Waals surface area contributed by atoms with Crippen molar-refractivity contribution in [3.63, 3.8) is 0 Å². The van der Waals surface area contributed by atoms with E-state index in [9.17, 15) is 4.39 Å². The zero-order valence-electron chi connectivity index (χ0n) is 16.5. The number of halogens is 1. The molecule has 0 radical (unpaired) electrons. The van der Waals surface area contributed by atoms with Gasteiger partial charge in [0.2, 0.25) is 5.82 Å². The molecule has 2 aromatic heterocycles. The highest BCUT2D eigenvalue weighted by atomic mass is 19.1. The van der Waals surface area contributed by atoms with Crippen LogP contribution in [0.25, 0.3) is 11.6 Å². The highest BCUT2D eigenvalue weighted by Crippen LogP contribution is 2.18. The van der Waals surface area contributed by atoms with Gasteiger partial charge in [-0.2, -0.15) is 5.10 Å². The molecule has 0 saturated heterocycles. The van der Waals surface area contributed by atoms with E-state index in [1.807, 2.05) is 13.0 Å². The molecule has 0 spiro atoms. The molecular formula is C20H25FN6O2. The van der Waals surface area contributed by atoms with Gasteiger partial charge in [-0.1, -0.05) is 19.1 Å². The summed E-state index contributed by atoms with van der Waals surface area (Å²) in [6, 6.07) is 10.0. The molecule has 0 aliphatic carbocycles. The lowest BCUT2D eigenvalue weighted by Gasteiger charge is -2.20. The fourth-order valence-corrected chi connectivity index (χ4v) is 2.64. The van der Waals surface area contributed by atoms with Crippen molar-refractivity contribution in [1.82, 2.24) is 25.8 Å². The van der Waals surface area contributed by atoms with Gasteiger partial charge in [-0.25, -0.2) is 9.37 Å². The van der Waals surface area contributed by atoms with Crippen LogP contribution in [-0.4, -0.2) is 47.4 Å². The molecule has 0 fully saturated rings. The van der Waals surface area contributed by atoms with Crippen LogP contribution in [0.2, 0.25) is 0 Å². The zero-order valence-corrected chi connectivity index (χ0v) is 16.5. The first-order valence-corrected chi connectivity index (χ1v) is 9.50. The SMILES string of the molecule is CCC(CNC(=NC)NCCc1nc(-c2ccco2)n[nH]1)Oc1ccccc1F. The molecule has 3 N–H and O–H groups in total. The van der Waals surface area contributed by atoms with Crippen LogP contribution >= 0.6 is 0 Å². The number of para-hydroxylation sites is 1. The number of rotatable bonds is 9. The summed E-state index contributed by atoms with van der Waals surface area (Å²) in [5.41, 5.74) is 0. The van der Waals surface area contributed by atoms with Gasteiger partial charge in [0.05, 0.1) is 12.8 Å². The van der Waals surface area contributed by atoms with E-state index in [0.717, 1.165) is 12.2 Å². The monoisotopic (exact) mass is 400 g/mol. The largest absolute Gasteiger partial charge is 0.486 e. The molecule has 8 nitrogen and oxygen atoms in total. The molecule has 3 aromatic rings. The van der Waals surface area contributed by atoms with E-state index in [2.05, 4.69) is 30.8 Å². The second-order valence-corrected chi connectivity index (χ2v) is 6.29. The maximum atomic E-state index is 13.8. The quantitative estimate of drug-likeness (QED) is 0.377. The fourth-order valence-electron chi connectivity index (χ4n) is 2.64. The lowest BCUT2D eigenvalue weighted by Crippen LogP contribution is -2.43. The third-order valence-corrected chi connectivity index (χ3v) is 4.23. The van der Waals surface area contributed by atoms with E-state index in [4.69, 9.17) is 9.15 Å². The van der Waals surface area contributed by atoms with Crippen LogP contribution in [0.5, 0.6) is 5.75 Å². The molecule has 29 heavy (non-hydrogen) atoms. The molecule has 0 aliphatic rings. The summed E-state index contributed by atoms with van der Waals surface area (Å²) >= 11 is 0. The van der Waals surface area contributed by atoms with Crippen molar-refractivity contribution in [3.8, 4) is 17.3 Å². The summed E-state index contributed by atoms with van der Waals surface area (Å²) in [7, 11) is 1.69. The number of benzene rings is 1. The maximum absolute atomic E-state index is 13.8. The second kappa shape index (κ2) is 10.3. The number of nitrogens with one attached hydrogen (secondary N) is 3. The van der Waals surface area contributed by atoms with E-state index in [1.54, 1.807) is 37.6 Å². The normalized spacial score (nSPS) is 12.6. The van der Waals surface area contributed by atoms with Gasteiger partial charge < -0.3 is 19.8 Å². The Hall–Kier alpha value is -3.36. The van der Waals surface area contributed by atoms with E-state index >= 15 is 0 Å². The standard InChI is InChI=1S/C20H25FN6O2/c1-3-14(29-16-8-5-4-7-15(16)21)13-24-20(22-2)23-11-10-18-25-19(27-26-18)17-9-6-12-28-17/h4-9,12,14H,3,10-11,13H2,1-2H3,(H2,22,23,24)(H,25,26,27). The topological polar surface area (TPSA) is 100 Å². The number of aliphatic imine (C=N–C) groups is 1. The molecule has 1 aromatic carbocycles. The molecule has 2 heterocycles. The van der Waals surface area contributed by atoms with E-state index in [1.165, 1.54) is 6.07 Å². The van der Waals surface area contributed by atoms with Gasteiger partial charge in [0, 0.05) is 20.0 Å². The Balaban J connectivity index is 1.43. The van der Waals surface area contributed by atoms with Crippen LogP contribution < -0.4 is 15.4 Å². The average Bonchev–Trinajstić information content (AvgIpc) is 3.42. The Bertz CT molecular complexity index is 909. The van der Waals surface area contributed by atoms with Crippen molar-refractivity contribution < 1.29 is 13.5 Å². The Morgan fingerprint density at radius 2 is 2.14 bits per heavy atom. The van der Waals surface area contributed by atoms with Gasteiger partial charge in [0.15, 0.2) is 23.3 Å². The van der Waals surface area contributed by atoms with Crippen LogP contribution in [0.1, 0.15) is 19.2 Å². The van der Waals surface area contributed by atoms with Crippen LogP contribution in [0, 0.1) is 5.82 Å². The minimum absolute atomic E-state index is 0.185. The smallest absolute Gasteiger partial charge is 0.216 e. The fraction of sp³-hybridized carbons (Fsp3) is 0.350. The van der Waals surface area contributed by atoms with Crippen molar-refractivity contribution >= 4 is 5.96 Å². The first-order chi connectivity index (χ1) is 14.2. The number of nitrogens with zero attached hydrogens (tertiary/aromatic N) is 3. The molecule has 1 unspecified atom stereocenters. The number of furan rings is 1. The maximum Gasteiger partial charge on any atom is 0.216 e. The highest BCUT2D eigenvalue weighted by Gasteiger charge is 2.12. The number of aromatic nitrogens is 3. The summed E-state index contributed by atoms with van der Waals surface area (Å²) in [5, 5.41) is 13.5. The van der Waals surface area contributed by atoms with Gasteiger partial charge in [-0.3, -0.25) is 10.1 Å². The van der Waals surface area contributed by atoms with Crippen molar-refractivity contribution in [2.24, 2.45) is 4.99 Å². The van der Waals surface area contributed by atoms with Crippen molar-refractivity contribution in [1.29, 1.82) is 0 Å². The van der Waals surface area contributed by atoms with Crippen LogP contribution in [0.3, 0.4) is 0 Å². The number of guanidine groups is 1. The zero-order chi connectivity index (χ0) is 20.5. The predicted molar refractivity (Wildman–Crippen MR) is 108 cm³/mol. The molecule has 0 saturated carbocycles. The number of hydrogen-bond donors (Lipinski definition) is 3. The Labute approximate surface area is 168 Å². The molecule has 3 rings (SSSR count). The van der Waals surface area contributed by atoms with E-state index in [-0.39, 0.29) is 17.7 Å². The lowest BCUT2D eigenvalue weighted by molar-refractivity contribution is 0.191. The molecule has 0 amide bonds.